The molecule has 1 aliphatic carbocycles. The van der Waals surface area contributed by atoms with Crippen molar-refractivity contribution >= 4 is 27.8 Å². The maximum Gasteiger partial charge on any atom is 0.223 e. The predicted octanol–water partition coefficient (Wildman–Crippen LogP) is 3.06. The summed E-state index contributed by atoms with van der Waals surface area (Å²) in [5, 5.41) is 9.72. The molecule has 5 nitrogen and oxygen atoms in total. The van der Waals surface area contributed by atoms with Gasteiger partial charge in [-0.1, -0.05) is 25.3 Å². The molecule has 0 spiro atoms. The summed E-state index contributed by atoms with van der Waals surface area (Å²) >= 11 is 0. The zero-order valence-electron chi connectivity index (χ0n) is 12.1. The lowest BCUT2D eigenvalue weighted by atomic mass is 9.96. The second-order valence-electron chi connectivity index (χ2n) is 5.81. The summed E-state index contributed by atoms with van der Waals surface area (Å²) in [5.41, 5.74) is 1.96. The molecule has 1 aliphatic rings. The van der Waals surface area contributed by atoms with E-state index in [4.69, 9.17) is 4.98 Å². The number of aryl methyl sites for hydroxylation is 1. The molecule has 0 aliphatic heterocycles. The van der Waals surface area contributed by atoms with Crippen molar-refractivity contribution in [1.29, 1.82) is 0 Å². The van der Waals surface area contributed by atoms with E-state index in [1.54, 1.807) is 0 Å². The van der Waals surface area contributed by atoms with E-state index in [-0.39, 0.29) is 0 Å². The molecule has 0 unspecified atom stereocenters. The Kier molecular flexibility index (Phi) is 2.98. The van der Waals surface area contributed by atoms with Crippen LogP contribution in [0.5, 0.6) is 0 Å². The van der Waals surface area contributed by atoms with Crippen LogP contribution in [0.25, 0.3) is 21.8 Å². The fraction of sp³-hybridized carbons (Fsp3) is 0.438. The van der Waals surface area contributed by atoms with Crippen molar-refractivity contribution in [3.8, 4) is 0 Å². The van der Waals surface area contributed by atoms with Crippen molar-refractivity contribution in [2.24, 2.45) is 7.05 Å². The SMILES string of the molecule is Cn1n[c]c2ccc3cnc(NC4CCCCC4)nc3c21. The van der Waals surface area contributed by atoms with E-state index in [1.165, 1.54) is 32.1 Å². The average molecular weight is 280 g/mol. The highest BCUT2D eigenvalue weighted by atomic mass is 15.3. The largest absolute Gasteiger partial charge is 0.351 e. The molecule has 0 saturated heterocycles. The molecule has 0 bridgehead atoms. The van der Waals surface area contributed by atoms with Crippen LogP contribution < -0.4 is 5.32 Å². The highest BCUT2D eigenvalue weighted by Crippen LogP contribution is 2.25. The molecule has 0 atom stereocenters. The van der Waals surface area contributed by atoms with Crippen molar-refractivity contribution in [2.45, 2.75) is 38.1 Å². The fourth-order valence-electron chi connectivity index (χ4n) is 3.18. The Morgan fingerprint density at radius 2 is 2.10 bits per heavy atom. The van der Waals surface area contributed by atoms with Crippen molar-refractivity contribution in [3.63, 3.8) is 0 Å². The number of hydrogen-bond acceptors (Lipinski definition) is 4. The minimum absolute atomic E-state index is 0.508. The van der Waals surface area contributed by atoms with Gasteiger partial charge in [0.2, 0.25) is 5.95 Å². The molecule has 4 rings (SSSR count). The van der Waals surface area contributed by atoms with E-state index in [1.807, 2.05) is 30.1 Å². The smallest absolute Gasteiger partial charge is 0.223 e. The number of rotatable bonds is 2. The third-order valence-electron chi connectivity index (χ3n) is 4.31. The Hall–Kier alpha value is -2.17. The van der Waals surface area contributed by atoms with E-state index in [9.17, 15) is 0 Å². The summed E-state index contributed by atoms with van der Waals surface area (Å²) in [6.45, 7) is 0. The minimum atomic E-state index is 0.508. The lowest BCUT2D eigenvalue weighted by Gasteiger charge is -2.22. The molecule has 1 radical (unpaired) electrons. The number of aromatic nitrogens is 4. The molecule has 5 heteroatoms. The van der Waals surface area contributed by atoms with Gasteiger partial charge in [0.15, 0.2) is 0 Å². The van der Waals surface area contributed by atoms with Gasteiger partial charge in [0.1, 0.15) is 11.7 Å². The van der Waals surface area contributed by atoms with E-state index in [0.717, 1.165) is 27.8 Å². The zero-order valence-corrected chi connectivity index (χ0v) is 12.1. The van der Waals surface area contributed by atoms with Crippen LogP contribution >= 0.6 is 0 Å². The number of anilines is 1. The summed E-state index contributed by atoms with van der Waals surface area (Å²) in [6, 6.07) is 4.55. The maximum atomic E-state index is 4.73. The maximum absolute atomic E-state index is 4.73. The molecular formula is C16H18N5. The Balaban J connectivity index is 1.76. The molecule has 0 amide bonds. The van der Waals surface area contributed by atoms with Crippen LogP contribution in [-0.4, -0.2) is 25.8 Å². The Morgan fingerprint density at radius 3 is 2.95 bits per heavy atom. The first kappa shape index (κ1) is 12.6. The molecule has 107 valence electrons. The van der Waals surface area contributed by atoms with Crippen molar-refractivity contribution in [3.05, 3.63) is 24.5 Å². The molecule has 2 heterocycles. The monoisotopic (exact) mass is 280 g/mol. The first-order chi connectivity index (χ1) is 10.3. The number of hydrogen-bond donors (Lipinski definition) is 1. The molecule has 1 fully saturated rings. The van der Waals surface area contributed by atoms with Gasteiger partial charge >= 0.3 is 0 Å². The van der Waals surface area contributed by atoms with Crippen molar-refractivity contribution in [2.75, 3.05) is 5.32 Å². The molecule has 2 aromatic heterocycles. The molecule has 1 aromatic carbocycles. The van der Waals surface area contributed by atoms with Crippen molar-refractivity contribution < 1.29 is 0 Å². The minimum Gasteiger partial charge on any atom is -0.351 e. The van der Waals surface area contributed by atoms with Gasteiger partial charge in [-0.25, -0.2) is 9.97 Å². The third-order valence-corrected chi connectivity index (χ3v) is 4.31. The summed E-state index contributed by atoms with van der Waals surface area (Å²) in [4.78, 5) is 9.19. The first-order valence-corrected chi connectivity index (χ1v) is 7.58. The van der Waals surface area contributed by atoms with Gasteiger partial charge in [-0.05, 0) is 18.9 Å². The average Bonchev–Trinajstić information content (AvgIpc) is 2.90. The van der Waals surface area contributed by atoms with E-state index in [0.29, 0.717) is 6.04 Å². The van der Waals surface area contributed by atoms with E-state index < -0.39 is 0 Å². The molecule has 1 N–H and O–H groups in total. The van der Waals surface area contributed by atoms with Gasteiger partial charge in [-0.2, -0.15) is 5.10 Å². The van der Waals surface area contributed by atoms with E-state index >= 15 is 0 Å². The molecule has 3 aromatic rings. The Bertz CT molecular complexity index is 786. The van der Waals surface area contributed by atoms with Gasteiger partial charge in [0, 0.05) is 30.1 Å². The van der Waals surface area contributed by atoms with Crippen molar-refractivity contribution in [1.82, 2.24) is 19.7 Å². The molecule has 21 heavy (non-hydrogen) atoms. The highest BCUT2D eigenvalue weighted by molar-refractivity contribution is 6.02. The summed E-state index contributed by atoms with van der Waals surface area (Å²) in [5.74, 6) is 0.725. The molecule has 1 saturated carbocycles. The van der Waals surface area contributed by atoms with Gasteiger partial charge in [-0.15, -0.1) is 0 Å². The zero-order chi connectivity index (χ0) is 14.2. The first-order valence-electron chi connectivity index (χ1n) is 7.58. The number of nitrogens with one attached hydrogen (secondary N) is 1. The fourth-order valence-corrected chi connectivity index (χ4v) is 3.18. The topological polar surface area (TPSA) is 55.6 Å². The van der Waals surface area contributed by atoms with Gasteiger partial charge in [-0.3, -0.25) is 4.68 Å². The number of benzene rings is 1. The Labute approximate surface area is 123 Å². The third kappa shape index (κ3) is 2.22. The van der Waals surface area contributed by atoms with Gasteiger partial charge in [0.05, 0.1) is 5.52 Å². The normalized spacial score (nSPS) is 16.6. The summed E-state index contributed by atoms with van der Waals surface area (Å²) < 4.78 is 1.83. The standard InChI is InChI=1S/C16H18N5/c1-21-15-12(10-18-21)8-7-11-9-17-16(20-14(11)15)19-13-5-3-2-4-6-13/h7-9,13H,2-6H2,1H3,(H,17,19,20). The molecular weight excluding hydrogens is 262 g/mol. The van der Waals surface area contributed by atoms with Crippen LogP contribution in [0.3, 0.4) is 0 Å². The van der Waals surface area contributed by atoms with Crippen LogP contribution in [0.4, 0.5) is 5.95 Å². The quantitative estimate of drug-likeness (QED) is 0.784. The van der Waals surface area contributed by atoms with Crippen LogP contribution in [0.15, 0.2) is 18.3 Å². The van der Waals surface area contributed by atoms with E-state index in [2.05, 4.69) is 21.6 Å². The lowest BCUT2D eigenvalue weighted by Crippen LogP contribution is -2.23. The number of nitrogens with zero attached hydrogens (tertiary/aromatic N) is 4. The van der Waals surface area contributed by atoms with Crippen LogP contribution in [0, 0.1) is 6.20 Å². The lowest BCUT2D eigenvalue weighted by molar-refractivity contribution is 0.461. The second kappa shape index (κ2) is 4.98. The number of fused-ring (bicyclic) bond motifs is 3. The van der Waals surface area contributed by atoms with Crippen LogP contribution in [0.1, 0.15) is 32.1 Å². The van der Waals surface area contributed by atoms with Gasteiger partial charge in [0.25, 0.3) is 0 Å². The summed E-state index contributed by atoms with van der Waals surface area (Å²) in [6.07, 6.45) is 11.3. The Morgan fingerprint density at radius 1 is 1.24 bits per heavy atom. The van der Waals surface area contributed by atoms with Gasteiger partial charge < -0.3 is 5.32 Å². The van der Waals surface area contributed by atoms with Crippen LogP contribution in [-0.2, 0) is 7.05 Å². The second-order valence-corrected chi connectivity index (χ2v) is 5.81. The highest BCUT2D eigenvalue weighted by Gasteiger charge is 2.15. The van der Waals surface area contributed by atoms with Crippen LogP contribution in [0.2, 0.25) is 0 Å². The predicted molar refractivity (Wildman–Crippen MR) is 83.1 cm³/mol. The summed E-state index contributed by atoms with van der Waals surface area (Å²) in [7, 11) is 1.93.